The predicted molar refractivity (Wildman–Crippen MR) is 219 cm³/mol. The number of hydrogen-bond acceptors (Lipinski definition) is 17. The molecule has 1 unspecified atom stereocenters. The highest BCUT2D eigenvalue weighted by Gasteiger charge is 2.50. The lowest BCUT2D eigenvalue weighted by Gasteiger charge is -2.47. The molecule has 19 nitrogen and oxygen atoms in total. The zero-order valence-electron chi connectivity index (χ0n) is 34.4. The lowest BCUT2D eigenvalue weighted by atomic mass is 9.71. The normalized spacial score (nSPS) is 27.1. The van der Waals surface area contributed by atoms with E-state index in [1.165, 1.54) is 32.4 Å². The van der Waals surface area contributed by atoms with Crippen LogP contribution < -0.4 is 15.1 Å². The van der Waals surface area contributed by atoms with Gasteiger partial charge in [-0.3, -0.25) is 28.9 Å². The van der Waals surface area contributed by atoms with Gasteiger partial charge in [-0.1, -0.05) is 23.7 Å². The first-order chi connectivity index (χ1) is 30.5. The second-order valence-electron chi connectivity index (χ2n) is 15.8. The fraction of sp³-hybridized carbons (Fsp3) is 0.395. The number of hydrogen-bond donors (Lipinski definition) is 6. The minimum Gasteiger partial charge on any atom is -0.507 e. The van der Waals surface area contributed by atoms with Crippen molar-refractivity contribution in [1.29, 1.82) is 0 Å². The number of morpholine rings is 1. The van der Waals surface area contributed by atoms with Gasteiger partial charge in [0.25, 0.3) is 17.7 Å². The van der Waals surface area contributed by atoms with Gasteiger partial charge in [0.1, 0.15) is 22.8 Å². The molecule has 6 N–H and O–H groups in total. The molecule has 3 heterocycles. The van der Waals surface area contributed by atoms with Crippen LogP contribution in [-0.2, 0) is 35.0 Å². The van der Waals surface area contributed by atoms with E-state index in [2.05, 4.69) is 10.5 Å². The third kappa shape index (κ3) is 7.53. The highest BCUT2D eigenvalue weighted by Crippen LogP contribution is 2.53. The summed E-state index contributed by atoms with van der Waals surface area (Å²) in [5, 5.41) is 61.7. The smallest absolute Gasteiger partial charge is 0.272 e. The van der Waals surface area contributed by atoms with E-state index >= 15 is 4.39 Å². The maximum Gasteiger partial charge on any atom is 0.272 e. The standard InChI is InChI=1S/C43H42ClFN4O15/c1-18-37(53)23(48-11-12-62-30(16-48)61-3)13-29(63-18)64-25-15-43(59,26(17-50)46-47-42(58)20-7-8-22(36(45)35(20)44)49-27(51)9-10-28(49)52)14-21-32(25)41(57)34-33(39(21)55)38(54)19-5-4-6-24(60-2)31(19)40(34)56/h4-10,18,23,25,29-30,37,50,53,55,57,59H,11-17H2,1-3H3,(H,47,58)/b46-26+/t18-,23?,25-,29-,30-,37+,43-/m0/s1. The number of anilines is 1. The predicted octanol–water partition coefficient (Wildman–Crippen LogP) is 1.79. The number of carbonyl (C=O) groups excluding carboxylic acids is 5. The number of imide groups is 1. The summed E-state index contributed by atoms with van der Waals surface area (Å²) in [6.07, 6.45) is -4.48. The molecule has 21 heteroatoms. The third-order valence-corrected chi connectivity index (χ3v) is 12.6. The van der Waals surface area contributed by atoms with Crippen LogP contribution in [0.3, 0.4) is 0 Å². The molecular formula is C43H42ClFN4O15. The van der Waals surface area contributed by atoms with Crippen molar-refractivity contribution in [2.75, 3.05) is 45.4 Å². The second kappa shape index (κ2) is 17.4. The minimum atomic E-state index is -2.36. The van der Waals surface area contributed by atoms with Crippen LogP contribution in [0.25, 0.3) is 0 Å². The molecule has 3 amide bonds. The van der Waals surface area contributed by atoms with E-state index < -0.39 is 142 Å². The van der Waals surface area contributed by atoms with Gasteiger partial charge in [-0.15, -0.1) is 0 Å². The van der Waals surface area contributed by atoms with Gasteiger partial charge in [-0.25, -0.2) is 14.7 Å². The van der Waals surface area contributed by atoms with Gasteiger partial charge in [0, 0.05) is 74.3 Å². The highest BCUT2D eigenvalue weighted by molar-refractivity contribution is 6.35. The lowest BCUT2D eigenvalue weighted by molar-refractivity contribution is -0.265. The molecule has 7 atom stereocenters. The van der Waals surface area contributed by atoms with Gasteiger partial charge in [0.05, 0.1) is 77.3 Å². The van der Waals surface area contributed by atoms with Crippen molar-refractivity contribution in [2.45, 2.75) is 68.7 Å². The van der Waals surface area contributed by atoms with Crippen molar-refractivity contribution in [3.8, 4) is 17.2 Å². The summed E-state index contributed by atoms with van der Waals surface area (Å²) in [6.45, 7) is 1.60. The Morgan fingerprint density at radius 2 is 1.75 bits per heavy atom. The summed E-state index contributed by atoms with van der Waals surface area (Å²) in [5.41, 5.74) is -3.67. The van der Waals surface area contributed by atoms with Crippen LogP contribution in [0.5, 0.6) is 17.2 Å². The van der Waals surface area contributed by atoms with E-state index in [9.17, 15) is 49.5 Å². The monoisotopic (exact) mass is 908 g/mol. The molecule has 5 aliphatic rings. The summed E-state index contributed by atoms with van der Waals surface area (Å²) >= 11 is 6.19. The Morgan fingerprint density at radius 3 is 2.44 bits per heavy atom. The van der Waals surface area contributed by atoms with Crippen molar-refractivity contribution in [2.24, 2.45) is 5.10 Å². The van der Waals surface area contributed by atoms with Crippen LogP contribution >= 0.6 is 11.6 Å². The Bertz CT molecular complexity index is 2530. The van der Waals surface area contributed by atoms with Gasteiger partial charge in [-0.05, 0) is 25.1 Å². The number of halogens is 2. The molecule has 2 saturated heterocycles. The van der Waals surface area contributed by atoms with Crippen molar-refractivity contribution in [3.63, 3.8) is 0 Å². The molecule has 0 spiro atoms. The Labute approximate surface area is 368 Å². The number of ketones is 2. The highest BCUT2D eigenvalue weighted by atomic mass is 35.5. The van der Waals surface area contributed by atoms with Crippen LogP contribution in [0.15, 0.2) is 47.6 Å². The van der Waals surface area contributed by atoms with Gasteiger partial charge in [0.15, 0.2) is 24.2 Å². The van der Waals surface area contributed by atoms with Crippen molar-refractivity contribution in [3.05, 3.63) is 92.3 Å². The van der Waals surface area contributed by atoms with Crippen LogP contribution in [0, 0.1) is 5.82 Å². The first-order valence-corrected chi connectivity index (χ1v) is 20.4. The van der Waals surface area contributed by atoms with Gasteiger partial charge in [-0.2, -0.15) is 5.10 Å². The molecule has 8 rings (SSSR count). The first kappa shape index (κ1) is 44.9. The molecule has 2 aliphatic carbocycles. The minimum absolute atomic E-state index is 0.0234. The average molecular weight is 909 g/mol. The largest absolute Gasteiger partial charge is 0.507 e. The topological polar surface area (TPSA) is 264 Å². The van der Waals surface area contributed by atoms with Crippen LogP contribution in [0.1, 0.15) is 79.2 Å². The third-order valence-electron chi connectivity index (χ3n) is 12.2. The lowest BCUT2D eigenvalue weighted by Crippen LogP contribution is -2.59. The fourth-order valence-corrected chi connectivity index (χ4v) is 9.23. The number of nitrogens with zero attached hydrogens (tertiary/aromatic N) is 3. The van der Waals surface area contributed by atoms with Gasteiger partial charge in [0.2, 0.25) is 5.78 Å². The van der Waals surface area contributed by atoms with Crippen molar-refractivity contribution >= 4 is 52.3 Å². The molecule has 0 aromatic heterocycles. The van der Waals surface area contributed by atoms with E-state index in [-0.39, 0.29) is 34.4 Å². The molecule has 0 saturated carbocycles. The number of aliphatic hydroxyl groups excluding tert-OH is 2. The zero-order chi connectivity index (χ0) is 45.9. The maximum atomic E-state index is 15.4. The number of amides is 3. The summed E-state index contributed by atoms with van der Waals surface area (Å²) in [7, 11) is 2.78. The summed E-state index contributed by atoms with van der Waals surface area (Å²) in [4.78, 5) is 68.5. The quantitative estimate of drug-likeness (QED) is 0.0574. The maximum absolute atomic E-state index is 15.4. The SMILES string of the molecule is COc1cccc2c1C(=O)c1c(O)c3c(c(O)c1C2=O)C[C@@](O)(/C(CO)=N/NC(=O)c1ccc(N2C(=O)C=CC2=O)c(F)c1Cl)C[C@@H]3O[C@H]1CC(N2CCO[C@H](OC)C2)[C@H](O)[C@H](C)O1. The second-order valence-corrected chi connectivity index (χ2v) is 16.2. The van der Waals surface area contributed by atoms with E-state index in [0.717, 1.165) is 24.3 Å². The molecule has 0 radical (unpaired) electrons. The van der Waals surface area contributed by atoms with Gasteiger partial charge < -0.3 is 49.2 Å². The van der Waals surface area contributed by atoms with E-state index in [4.69, 9.17) is 35.3 Å². The van der Waals surface area contributed by atoms with Crippen molar-refractivity contribution in [1.82, 2.24) is 10.3 Å². The molecular weight excluding hydrogens is 867 g/mol. The molecule has 0 bridgehead atoms. The number of carbonyl (C=O) groups is 5. The summed E-state index contributed by atoms with van der Waals surface area (Å²) in [6, 6.07) is 5.70. The molecule has 3 aliphatic heterocycles. The molecule has 64 heavy (non-hydrogen) atoms. The van der Waals surface area contributed by atoms with E-state index in [0.29, 0.717) is 24.6 Å². The molecule has 338 valence electrons. The number of aromatic hydroxyl groups is 2. The van der Waals surface area contributed by atoms with E-state index in [1.54, 1.807) is 6.92 Å². The number of rotatable bonds is 10. The number of phenols is 2. The number of hydrazone groups is 1. The number of ether oxygens (including phenoxy) is 5. The Morgan fingerprint density at radius 1 is 1.03 bits per heavy atom. The van der Waals surface area contributed by atoms with Crippen molar-refractivity contribution < 1.29 is 77.6 Å². The number of nitrogens with one attached hydrogen (secondary N) is 1. The van der Waals surface area contributed by atoms with Crippen LogP contribution in [0.2, 0.25) is 5.02 Å². The molecule has 3 aromatic carbocycles. The number of fused-ring (bicyclic) bond motifs is 3. The van der Waals surface area contributed by atoms with Crippen LogP contribution in [-0.4, -0.2) is 142 Å². The number of methoxy groups -OCH3 is 2. The number of phenolic OH excluding ortho intramolecular Hbond substituents is 2. The Balaban J connectivity index is 1.17. The van der Waals surface area contributed by atoms with Gasteiger partial charge >= 0.3 is 0 Å². The zero-order valence-corrected chi connectivity index (χ0v) is 35.1. The molecule has 3 aromatic rings. The van der Waals surface area contributed by atoms with E-state index in [1.807, 2.05) is 4.90 Å². The average Bonchev–Trinajstić information content (AvgIpc) is 3.61. The number of aliphatic hydroxyl groups is 3. The fourth-order valence-electron chi connectivity index (χ4n) is 8.99. The molecule has 2 fully saturated rings. The number of benzene rings is 3. The van der Waals surface area contributed by atoms with Crippen LogP contribution in [0.4, 0.5) is 10.1 Å². The Kier molecular flexibility index (Phi) is 12.2. The Hall–Kier alpha value is -5.68. The summed E-state index contributed by atoms with van der Waals surface area (Å²) in [5.74, 6) is -7.28. The first-order valence-electron chi connectivity index (χ1n) is 20.0. The summed E-state index contributed by atoms with van der Waals surface area (Å²) < 4.78 is 44.4.